The Morgan fingerprint density at radius 1 is 0.962 bits per heavy atom. The molecule has 1 aliphatic carbocycles. The number of aromatic amines is 1. The Balaban J connectivity index is 0.00000228. The largest absolute Gasteiger partial charge is 0.371 e. The molecule has 0 amide bonds. The van der Waals surface area contributed by atoms with Gasteiger partial charge in [0.1, 0.15) is 5.69 Å². The van der Waals surface area contributed by atoms with Crippen LogP contribution < -0.4 is 15.4 Å². The highest BCUT2D eigenvalue weighted by Crippen LogP contribution is 2.40. The van der Waals surface area contributed by atoms with Crippen molar-refractivity contribution in [3.8, 4) is 22.6 Å². The highest BCUT2D eigenvalue weighted by Gasteiger charge is 2.26. The molecule has 1 unspecified atom stereocenters. The Morgan fingerprint density at radius 3 is 2.40 bits per heavy atom. The molecule has 7 rings (SSSR count). The molecule has 2 fully saturated rings. The summed E-state index contributed by atoms with van der Waals surface area (Å²) in [5.41, 5.74) is 9.42. The molecule has 2 aromatic carbocycles. The zero-order valence-corrected chi connectivity index (χ0v) is 31.6. The van der Waals surface area contributed by atoms with Crippen LogP contribution in [0.5, 0.6) is 0 Å². The van der Waals surface area contributed by atoms with Crippen molar-refractivity contribution in [2.75, 3.05) is 56.0 Å². The maximum Gasteiger partial charge on any atom is 0.159 e. The summed E-state index contributed by atoms with van der Waals surface area (Å²) in [4.78, 5) is 20.6. The van der Waals surface area contributed by atoms with E-state index < -0.39 is 0 Å². The highest BCUT2D eigenvalue weighted by atomic mass is 32.2. The minimum Gasteiger partial charge on any atom is -0.371 e. The fraction of sp³-hybridized carbons (Fsp3) is 0.366. The maximum atomic E-state index is 6.30. The predicted octanol–water partition coefficient (Wildman–Crippen LogP) is 7.93. The lowest BCUT2D eigenvalue weighted by atomic mass is 10.1. The van der Waals surface area contributed by atoms with Crippen LogP contribution in [-0.2, 0) is 0 Å². The minimum absolute atomic E-state index is 0.00345. The smallest absolute Gasteiger partial charge is 0.159 e. The lowest BCUT2D eigenvalue weighted by molar-refractivity contribution is 0.246. The zero-order chi connectivity index (χ0) is 36.5. The molecule has 52 heavy (non-hydrogen) atoms. The number of fused-ring (bicyclic) bond motifs is 1. The molecule has 10 nitrogen and oxygen atoms in total. The predicted molar refractivity (Wildman–Crippen MR) is 218 cm³/mol. The van der Waals surface area contributed by atoms with Gasteiger partial charge in [-0.3, -0.25) is 20.1 Å². The fourth-order valence-electron chi connectivity index (χ4n) is 6.71. The van der Waals surface area contributed by atoms with Gasteiger partial charge in [-0.15, -0.1) is 0 Å². The number of nitrogens with one attached hydrogen (secondary N) is 2. The Hall–Kier alpha value is -4.71. The van der Waals surface area contributed by atoms with Crippen molar-refractivity contribution in [2.24, 2.45) is 5.14 Å². The molecular weight excluding hydrogens is 665 g/mol. The van der Waals surface area contributed by atoms with Gasteiger partial charge in [0, 0.05) is 109 Å². The summed E-state index contributed by atoms with van der Waals surface area (Å²) in [6.45, 7) is 21.5. The van der Waals surface area contributed by atoms with Crippen molar-refractivity contribution in [1.29, 1.82) is 0 Å². The van der Waals surface area contributed by atoms with E-state index in [1.54, 1.807) is 12.4 Å². The Kier molecular flexibility index (Phi) is 12.6. The van der Waals surface area contributed by atoms with E-state index in [0.29, 0.717) is 5.92 Å². The summed E-state index contributed by atoms with van der Waals surface area (Å²) in [5, 5.41) is 18.8. The lowest BCUT2D eigenvalue weighted by Crippen LogP contribution is -2.47. The zero-order valence-electron chi connectivity index (χ0n) is 30.8. The molecule has 3 aromatic heterocycles. The molecule has 0 radical (unpaired) electrons. The van der Waals surface area contributed by atoms with Gasteiger partial charge >= 0.3 is 0 Å². The van der Waals surface area contributed by atoms with Crippen molar-refractivity contribution in [3.05, 3.63) is 110 Å². The van der Waals surface area contributed by atoms with E-state index in [9.17, 15) is 0 Å². The van der Waals surface area contributed by atoms with Gasteiger partial charge in [-0.05, 0) is 86.5 Å². The number of pyridine rings is 1. The molecule has 4 N–H and O–H groups in total. The van der Waals surface area contributed by atoms with E-state index in [-0.39, 0.29) is 5.25 Å². The SMILES string of the molecule is C=C(Nc1ccc2[nH]nc(-c3ccnc(C4CC4)c3)c2c1)C(CN(CCC)CC(=C)N1CCN(c2ccc(-c3ncccn3)cc2)CC1)SN.CC. The van der Waals surface area contributed by atoms with Crippen LogP contribution >= 0.6 is 11.9 Å². The quantitative estimate of drug-likeness (QED) is 0.0923. The average Bonchev–Trinajstić information content (AvgIpc) is 3.97. The minimum atomic E-state index is -0.00345. The number of nitrogens with zero attached hydrogens (tertiary/aromatic N) is 7. The second kappa shape index (κ2) is 17.7. The van der Waals surface area contributed by atoms with Crippen LogP contribution in [-0.4, -0.2) is 86.0 Å². The van der Waals surface area contributed by atoms with Crippen LogP contribution in [0.2, 0.25) is 0 Å². The third-order valence-electron chi connectivity index (χ3n) is 9.62. The topological polar surface area (TPSA) is 115 Å². The standard InChI is InChI=1S/C39H46N10S.C2H6/c1-4-18-47(25-27(2)48-19-21-49(22-20-48)33-11-8-30(9-12-33)39-42-15-5-16-43-39)26-37(50-40)28(3)44-32-10-13-35-34(24-32)38(46-45-35)31-14-17-41-36(23-31)29-6-7-29;1-2/h5,8-17,23-24,29,37,44H,2-4,6-7,18-22,25-26,40H2,1H3,(H,45,46);1-2H3. The molecule has 0 bridgehead atoms. The number of H-pyrrole nitrogens is 1. The van der Waals surface area contributed by atoms with Gasteiger partial charge in [0.05, 0.1) is 10.8 Å². The number of benzene rings is 2. The molecule has 4 heterocycles. The monoisotopic (exact) mass is 716 g/mol. The Labute approximate surface area is 312 Å². The summed E-state index contributed by atoms with van der Waals surface area (Å²) >= 11 is 1.34. The van der Waals surface area contributed by atoms with E-state index >= 15 is 0 Å². The molecule has 2 aliphatic rings. The van der Waals surface area contributed by atoms with Gasteiger partial charge in [-0.2, -0.15) is 5.10 Å². The van der Waals surface area contributed by atoms with Crippen LogP contribution in [0.4, 0.5) is 11.4 Å². The van der Waals surface area contributed by atoms with E-state index in [0.717, 1.165) is 109 Å². The first kappa shape index (κ1) is 37.1. The van der Waals surface area contributed by atoms with Crippen molar-refractivity contribution in [3.63, 3.8) is 0 Å². The summed E-state index contributed by atoms with van der Waals surface area (Å²) in [6.07, 6.45) is 8.94. The molecule has 5 aromatic rings. The number of nitrogens with two attached hydrogens (primary N) is 1. The van der Waals surface area contributed by atoms with E-state index in [1.165, 1.54) is 30.5 Å². The number of anilines is 2. The first-order valence-electron chi connectivity index (χ1n) is 18.5. The van der Waals surface area contributed by atoms with Crippen molar-refractivity contribution in [2.45, 2.75) is 51.2 Å². The average molecular weight is 717 g/mol. The third-order valence-corrected chi connectivity index (χ3v) is 10.4. The second-order valence-corrected chi connectivity index (χ2v) is 14.1. The molecule has 11 heteroatoms. The number of piperazine rings is 1. The highest BCUT2D eigenvalue weighted by molar-refractivity contribution is 7.97. The van der Waals surface area contributed by atoms with Gasteiger partial charge < -0.3 is 15.1 Å². The van der Waals surface area contributed by atoms with Gasteiger partial charge in [0.15, 0.2) is 5.82 Å². The molecule has 1 saturated carbocycles. The van der Waals surface area contributed by atoms with E-state index in [4.69, 9.17) is 5.14 Å². The number of hydrogen-bond acceptors (Lipinski definition) is 10. The molecule has 1 aliphatic heterocycles. The summed E-state index contributed by atoms with van der Waals surface area (Å²) in [7, 11) is 0. The van der Waals surface area contributed by atoms with E-state index in [2.05, 4.69) is 114 Å². The van der Waals surface area contributed by atoms with Crippen LogP contribution in [0.3, 0.4) is 0 Å². The maximum absolute atomic E-state index is 6.30. The van der Waals surface area contributed by atoms with Crippen LogP contribution in [0.25, 0.3) is 33.5 Å². The summed E-state index contributed by atoms with van der Waals surface area (Å²) in [6, 6.07) is 20.9. The first-order chi connectivity index (χ1) is 25.5. The summed E-state index contributed by atoms with van der Waals surface area (Å²) < 4.78 is 0. The first-order valence-corrected chi connectivity index (χ1v) is 19.5. The van der Waals surface area contributed by atoms with Crippen LogP contribution in [0.15, 0.2) is 104 Å². The molecule has 1 atom stereocenters. The van der Waals surface area contributed by atoms with Gasteiger partial charge in [0.2, 0.25) is 0 Å². The molecule has 0 spiro atoms. The van der Waals surface area contributed by atoms with Crippen molar-refractivity contribution >= 4 is 34.2 Å². The Bertz CT molecular complexity index is 1910. The molecule has 1 saturated heterocycles. The molecular formula is C41H52N10S. The fourth-order valence-corrected chi connectivity index (χ4v) is 7.23. The van der Waals surface area contributed by atoms with E-state index in [1.807, 2.05) is 32.2 Å². The second-order valence-electron chi connectivity index (χ2n) is 13.2. The normalized spacial score (nSPS) is 14.9. The third kappa shape index (κ3) is 9.01. The van der Waals surface area contributed by atoms with Crippen LogP contribution in [0, 0.1) is 0 Å². The van der Waals surface area contributed by atoms with Gasteiger partial charge in [-0.25, -0.2) is 9.97 Å². The Morgan fingerprint density at radius 2 is 1.71 bits per heavy atom. The van der Waals surface area contributed by atoms with Gasteiger partial charge in [-0.1, -0.05) is 45.9 Å². The van der Waals surface area contributed by atoms with Crippen LogP contribution in [0.1, 0.15) is 51.6 Å². The van der Waals surface area contributed by atoms with Gasteiger partial charge in [0.25, 0.3) is 0 Å². The number of hydrogen-bond donors (Lipinski definition) is 3. The van der Waals surface area contributed by atoms with Crippen molar-refractivity contribution < 1.29 is 0 Å². The summed E-state index contributed by atoms with van der Waals surface area (Å²) in [5.74, 6) is 1.34. The lowest BCUT2D eigenvalue weighted by Gasteiger charge is -2.39. The van der Waals surface area contributed by atoms with Crippen molar-refractivity contribution in [1.82, 2.24) is 34.9 Å². The molecule has 272 valence electrons. The number of rotatable bonds is 15. The number of aromatic nitrogens is 5.